The van der Waals surface area contributed by atoms with Gasteiger partial charge in [0.05, 0.1) is 12.1 Å². The van der Waals surface area contributed by atoms with E-state index in [2.05, 4.69) is 130 Å². The zero-order chi connectivity index (χ0) is 25.9. The van der Waals surface area contributed by atoms with Crippen LogP contribution in [0.2, 0.25) is 0 Å². The van der Waals surface area contributed by atoms with Crippen LogP contribution in [-0.2, 0) is 0 Å². The Kier molecular flexibility index (Phi) is 8.54. The lowest BCUT2D eigenvalue weighted by atomic mass is 9.88. The molecule has 0 aliphatic rings. The van der Waals surface area contributed by atoms with Crippen molar-refractivity contribution in [1.29, 1.82) is 0 Å². The van der Waals surface area contributed by atoms with Crippen LogP contribution in [0.1, 0.15) is 106 Å². The fourth-order valence-corrected chi connectivity index (χ4v) is 3.93. The van der Waals surface area contributed by atoms with Gasteiger partial charge in [-0.1, -0.05) is 36.4 Å². The van der Waals surface area contributed by atoms with Crippen molar-refractivity contribution in [1.82, 2.24) is 10.6 Å². The Morgan fingerprint density at radius 1 is 0.500 bits per heavy atom. The van der Waals surface area contributed by atoms with E-state index in [1.165, 1.54) is 0 Å². The smallest absolute Gasteiger partial charge is 0.124 e. The summed E-state index contributed by atoms with van der Waals surface area (Å²) in [6, 6.07) is 16.6. The maximum atomic E-state index is 6.46. The third-order valence-corrected chi connectivity index (χ3v) is 4.85. The summed E-state index contributed by atoms with van der Waals surface area (Å²) in [4.78, 5) is 0. The van der Waals surface area contributed by atoms with E-state index < -0.39 is 0 Å². The van der Waals surface area contributed by atoms with Crippen LogP contribution in [-0.4, -0.2) is 22.3 Å². The van der Waals surface area contributed by atoms with Gasteiger partial charge in [0.1, 0.15) is 22.7 Å². The quantitative estimate of drug-likeness (QED) is 0.439. The first kappa shape index (κ1) is 28.2. The minimum absolute atomic E-state index is 0.0671. The second-order valence-electron chi connectivity index (χ2n) is 13.2. The molecular formula is C30H48N2O2. The van der Waals surface area contributed by atoms with Crippen LogP contribution in [0, 0.1) is 0 Å². The van der Waals surface area contributed by atoms with Gasteiger partial charge in [0.2, 0.25) is 0 Å². The molecule has 0 spiro atoms. The van der Waals surface area contributed by atoms with Crippen molar-refractivity contribution in [2.45, 2.75) is 117 Å². The van der Waals surface area contributed by atoms with Gasteiger partial charge in [-0.2, -0.15) is 0 Å². The number of benzene rings is 2. The molecule has 0 radical (unpaired) electrons. The Balaban J connectivity index is 2.75. The van der Waals surface area contributed by atoms with Crippen LogP contribution in [0.3, 0.4) is 0 Å². The summed E-state index contributed by atoms with van der Waals surface area (Å²) >= 11 is 0. The summed E-state index contributed by atoms with van der Waals surface area (Å²) in [5.74, 6) is 1.79. The maximum absolute atomic E-state index is 6.46. The van der Waals surface area contributed by atoms with Crippen LogP contribution in [0.25, 0.3) is 0 Å². The van der Waals surface area contributed by atoms with Crippen LogP contribution in [0.4, 0.5) is 0 Å². The van der Waals surface area contributed by atoms with E-state index in [4.69, 9.17) is 9.47 Å². The van der Waals surface area contributed by atoms with Crippen molar-refractivity contribution in [2.24, 2.45) is 0 Å². The summed E-state index contributed by atoms with van der Waals surface area (Å²) < 4.78 is 12.9. The normalized spacial score (nSPS) is 15.1. The molecule has 0 aliphatic heterocycles. The molecule has 2 atom stereocenters. The van der Waals surface area contributed by atoms with Crippen molar-refractivity contribution in [2.75, 3.05) is 0 Å². The number of hydrogen-bond acceptors (Lipinski definition) is 4. The van der Waals surface area contributed by atoms with Crippen molar-refractivity contribution >= 4 is 0 Å². The maximum Gasteiger partial charge on any atom is 0.124 e. The van der Waals surface area contributed by atoms with Gasteiger partial charge < -0.3 is 20.1 Å². The van der Waals surface area contributed by atoms with E-state index in [1.54, 1.807) is 0 Å². The van der Waals surface area contributed by atoms with Gasteiger partial charge in [-0.05, 0) is 95.2 Å². The van der Waals surface area contributed by atoms with E-state index in [0.717, 1.165) is 22.6 Å². The number of nitrogens with one attached hydrogen (secondary N) is 2. The van der Waals surface area contributed by atoms with Crippen LogP contribution >= 0.6 is 0 Å². The fourth-order valence-electron chi connectivity index (χ4n) is 3.93. The molecule has 0 saturated heterocycles. The summed E-state index contributed by atoms with van der Waals surface area (Å²) in [5, 5.41) is 7.82. The molecule has 0 amide bonds. The molecule has 0 fully saturated rings. The zero-order valence-corrected chi connectivity index (χ0v) is 23.6. The Labute approximate surface area is 208 Å². The highest BCUT2D eigenvalue weighted by Crippen LogP contribution is 2.41. The molecule has 0 aromatic heterocycles. The lowest BCUT2D eigenvalue weighted by molar-refractivity contribution is 0.122. The van der Waals surface area contributed by atoms with Crippen LogP contribution in [0.5, 0.6) is 11.5 Å². The molecule has 34 heavy (non-hydrogen) atoms. The average molecular weight is 469 g/mol. The standard InChI is InChI=1S/C30H48N2O2/c1-27(2,3)31-25(21-17-13-15-19-23(21)33-29(7,8)9)26(32-28(4,5)6)22-18-14-16-20-24(22)34-30(10,11)12/h13-20,25-26,31-32H,1-12H3/t25-,26-/m0/s1. The first-order chi connectivity index (χ1) is 15.3. The molecular weight excluding hydrogens is 420 g/mol. The number of ether oxygens (including phenoxy) is 2. The summed E-state index contributed by atoms with van der Waals surface area (Å²) in [7, 11) is 0. The summed E-state index contributed by atoms with van der Waals surface area (Å²) in [5.41, 5.74) is 1.39. The van der Waals surface area contributed by atoms with E-state index in [-0.39, 0.29) is 34.4 Å². The molecule has 4 nitrogen and oxygen atoms in total. The highest BCUT2D eigenvalue weighted by atomic mass is 16.5. The molecule has 0 heterocycles. The lowest BCUT2D eigenvalue weighted by Gasteiger charge is -2.40. The molecule has 0 unspecified atom stereocenters. The van der Waals surface area contributed by atoms with E-state index in [9.17, 15) is 0 Å². The predicted octanol–water partition coefficient (Wildman–Crippen LogP) is 7.60. The first-order valence-electron chi connectivity index (χ1n) is 12.5. The van der Waals surface area contributed by atoms with Crippen molar-refractivity contribution in [3.05, 3.63) is 59.7 Å². The largest absolute Gasteiger partial charge is 0.488 e. The number of rotatable bonds is 7. The monoisotopic (exact) mass is 468 g/mol. The topological polar surface area (TPSA) is 42.5 Å². The Hall–Kier alpha value is -2.04. The molecule has 0 saturated carbocycles. The van der Waals surface area contributed by atoms with Gasteiger partial charge in [-0.15, -0.1) is 0 Å². The highest BCUT2D eigenvalue weighted by Gasteiger charge is 2.35. The van der Waals surface area contributed by atoms with Gasteiger partial charge in [-0.3, -0.25) is 0 Å². The average Bonchev–Trinajstić information content (AvgIpc) is 2.61. The Morgan fingerprint density at radius 3 is 1.06 bits per heavy atom. The molecule has 190 valence electrons. The van der Waals surface area contributed by atoms with Crippen molar-refractivity contribution in [3.63, 3.8) is 0 Å². The van der Waals surface area contributed by atoms with Gasteiger partial charge in [0.15, 0.2) is 0 Å². The third kappa shape index (κ3) is 9.31. The van der Waals surface area contributed by atoms with E-state index >= 15 is 0 Å². The summed E-state index contributed by atoms with van der Waals surface area (Å²) in [6.07, 6.45) is 0. The first-order valence-corrected chi connectivity index (χ1v) is 12.5. The molecule has 0 aliphatic carbocycles. The second-order valence-corrected chi connectivity index (χ2v) is 13.2. The highest BCUT2D eigenvalue weighted by molar-refractivity contribution is 5.43. The molecule has 4 heteroatoms. The van der Waals surface area contributed by atoms with Crippen molar-refractivity contribution in [3.8, 4) is 11.5 Å². The van der Waals surface area contributed by atoms with E-state index in [1.807, 2.05) is 12.1 Å². The molecule has 2 aromatic rings. The minimum Gasteiger partial charge on any atom is -0.488 e. The van der Waals surface area contributed by atoms with Gasteiger partial charge in [0.25, 0.3) is 0 Å². The van der Waals surface area contributed by atoms with E-state index in [0.29, 0.717) is 0 Å². The number of para-hydroxylation sites is 2. The SMILES string of the molecule is CC(C)(C)N[C@@H](c1ccccc1OC(C)(C)C)[C@@H](NC(C)(C)C)c1ccccc1OC(C)(C)C. The van der Waals surface area contributed by atoms with Crippen molar-refractivity contribution < 1.29 is 9.47 Å². The van der Waals surface area contributed by atoms with Gasteiger partial charge in [-0.25, -0.2) is 0 Å². The zero-order valence-electron chi connectivity index (χ0n) is 23.6. The van der Waals surface area contributed by atoms with Crippen LogP contribution in [0.15, 0.2) is 48.5 Å². The predicted molar refractivity (Wildman–Crippen MR) is 145 cm³/mol. The van der Waals surface area contributed by atoms with Gasteiger partial charge in [0, 0.05) is 22.2 Å². The molecule has 0 bridgehead atoms. The molecule has 2 rings (SSSR count). The Morgan fingerprint density at radius 2 is 0.794 bits per heavy atom. The Bertz CT molecular complexity index is 847. The minimum atomic E-state index is -0.303. The fraction of sp³-hybridized carbons (Fsp3) is 0.600. The number of hydrogen-bond donors (Lipinski definition) is 2. The second kappa shape index (κ2) is 10.3. The summed E-state index contributed by atoms with van der Waals surface area (Å²) in [6.45, 7) is 25.8. The van der Waals surface area contributed by atoms with Crippen LogP contribution < -0.4 is 20.1 Å². The van der Waals surface area contributed by atoms with Gasteiger partial charge >= 0.3 is 0 Å². The lowest BCUT2D eigenvalue weighted by Crippen LogP contribution is -2.49. The molecule has 2 N–H and O–H groups in total. The molecule has 2 aromatic carbocycles. The third-order valence-electron chi connectivity index (χ3n) is 4.85.